The van der Waals surface area contributed by atoms with Crippen LogP contribution in [0.15, 0.2) is 84.9 Å². The molecule has 0 aromatic heterocycles. The molecule has 0 spiro atoms. The second-order valence-electron chi connectivity index (χ2n) is 6.82. The van der Waals surface area contributed by atoms with Gasteiger partial charge in [-0.3, -0.25) is 9.59 Å². The maximum absolute atomic E-state index is 12.4. The van der Waals surface area contributed by atoms with Crippen LogP contribution in [-0.2, 0) is 15.0 Å². The molecule has 0 heterocycles. The van der Waals surface area contributed by atoms with E-state index >= 15 is 0 Å². The minimum Gasteiger partial charge on any atom is -0.481 e. The number of hydrogen-bond donors (Lipinski definition) is 2. The third kappa shape index (κ3) is 2.62. The zero-order chi connectivity index (χ0) is 19.7. The van der Waals surface area contributed by atoms with Crippen molar-refractivity contribution in [2.45, 2.75) is 11.3 Å². The minimum atomic E-state index is -1.67. The van der Waals surface area contributed by atoms with Crippen molar-refractivity contribution in [1.82, 2.24) is 0 Å². The van der Waals surface area contributed by atoms with Crippen LogP contribution in [0.3, 0.4) is 0 Å². The van der Waals surface area contributed by atoms with E-state index in [-0.39, 0.29) is 0 Å². The van der Waals surface area contributed by atoms with Gasteiger partial charge in [0.25, 0.3) is 0 Å². The Morgan fingerprint density at radius 3 is 2.04 bits per heavy atom. The van der Waals surface area contributed by atoms with Crippen LogP contribution < -0.4 is 0 Å². The summed E-state index contributed by atoms with van der Waals surface area (Å²) in [6.45, 7) is 0. The molecule has 4 nitrogen and oxygen atoms in total. The van der Waals surface area contributed by atoms with Crippen molar-refractivity contribution in [3.63, 3.8) is 0 Å². The number of carboxylic acid groups (broad SMARTS) is 2. The van der Waals surface area contributed by atoms with Gasteiger partial charge in [-0.1, -0.05) is 91.0 Å². The van der Waals surface area contributed by atoms with E-state index in [0.29, 0.717) is 11.1 Å². The van der Waals surface area contributed by atoms with Gasteiger partial charge in [-0.15, -0.1) is 0 Å². The van der Waals surface area contributed by atoms with Crippen LogP contribution in [0.25, 0.3) is 17.2 Å². The average molecular weight is 370 g/mol. The topological polar surface area (TPSA) is 74.6 Å². The predicted molar refractivity (Wildman–Crippen MR) is 107 cm³/mol. The minimum absolute atomic E-state index is 0.446. The average Bonchev–Trinajstić information content (AvgIpc) is 2.73. The van der Waals surface area contributed by atoms with Crippen LogP contribution in [0.5, 0.6) is 0 Å². The summed E-state index contributed by atoms with van der Waals surface area (Å²) >= 11 is 0. The highest BCUT2D eigenvalue weighted by Gasteiger charge is 2.52. The molecule has 1 aliphatic rings. The van der Waals surface area contributed by atoms with E-state index in [2.05, 4.69) is 0 Å². The quantitative estimate of drug-likeness (QED) is 0.705. The number of hydrogen-bond acceptors (Lipinski definition) is 2. The van der Waals surface area contributed by atoms with Gasteiger partial charge >= 0.3 is 11.9 Å². The molecule has 28 heavy (non-hydrogen) atoms. The number of carbonyl (C=O) groups is 2. The normalized spacial score (nSPS) is 20.4. The largest absolute Gasteiger partial charge is 0.481 e. The first-order chi connectivity index (χ1) is 13.6. The van der Waals surface area contributed by atoms with Crippen LogP contribution >= 0.6 is 0 Å². The molecular weight excluding hydrogens is 352 g/mol. The molecule has 3 aromatic rings. The first kappa shape index (κ1) is 17.7. The van der Waals surface area contributed by atoms with Crippen LogP contribution in [0.2, 0.25) is 0 Å². The third-order valence-electron chi connectivity index (χ3n) is 5.36. The molecule has 2 unspecified atom stereocenters. The van der Waals surface area contributed by atoms with E-state index < -0.39 is 23.3 Å². The fourth-order valence-corrected chi connectivity index (χ4v) is 4.07. The van der Waals surface area contributed by atoms with Gasteiger partial charge in [0.1, 0.15) is 11.3 Å². The number of benzene rings is 3. The zero-order valence-electron chi connectivity index (χ0n) is 14.9. The maximum atomic E-state index is 12.4. The summed E-state index contributed by atoms with van der Waals surface area (Å²) in [4.78, 5) is 24.8. The van der Waals surface area contributed by atoms with Gasteiger partial charge in [0, 0.05) is 0 Å². The summed E-state index contributed by atoms with van der Waals surface area (Å²) in [6.07, 6.45) is 3.27. The summed E-state index contributed by atoms with van der Waals surface area (Å²) in [5.41, 5.74) is 1.86. The SMILES string of the molecule is O=C(O)C1c2cccc(-c3ccccc3)c2C=CC1(C(=O)O)c1ccccc1. The molecule has 4 heteroatoms. The van der Waals surface area contributed by atoms with Crippen LogP contribution in [0.1, 0.15) is 22.6 Å². The maximum Gasteiger partial charge on any atom is 0.319 e. The van der Waals surface area contributed by atoms with Crippen LogP contribution in [-0.4, -0.2) is 22.2 Å². The molecule has 2 atom stereocenters. The predicted octanol–water partition coefficient (Wildman–Crippen LogP) is 4.57. The summed E-state index contributed by atoms with van der Waals surface area (Å²) in [7, 11) is 0. The molecular formula is C24H18O4. The molecule has 0 radical (unpaired) electrons. The molecule has 0 fully saturated rings. The molecule has 3 aromatic carbocycles. The zero-order valence-corrected chi connectivity index (χ0v) is 14.9. The molecule has 0 amide bonds. The Hall–Kier alpha value is -3.66. The second-order valence-corrected chi connectivity index (χ2v) is 6.82. The Bertz CT molecular complexity index is 1070. The van der Waals surface area contributed by atoms with E-state index in [9.17, 15) is 19.8 Å². The van der Waals surface area contributed by atoms with Gasteiger partial charge in [0.05, 0.1) is 0 Å². The summed E-state index contributed by atoms with van der Waals surface area (Å²) in [5.74, 6) is -3.59. The number of rotatable bonds is 4. The third-order valence-corrected chi connectivity index (χ3v) is 5.36. The smallest absolute Gasteiger partial charge is 0.319 e. The van der Waals surface area contributed by atoms with E-state index in [4.69, 9.17) is 0 Å². The molecule has 0 saturated carbocycles. The van der Waals surface area contributed by atoms with E-state index in [1.54, 1.807) is 48.5 Å². The molecule has 2 N–H and O–H groups in total. The van der Waals surface area contributed by atoms with Gasteiger partial charge in [0.2, 0.25) is 0 Å². The summed E-state index contributed by atoms with van der Waals surface area (Å²) in [6, 6.07) is 23.6. The molecule has 4 rings (SSSR count). The highest BCUT2D eigenvalue weighted by atomic mass is 16.4. The summed E-state index contributed by atoms with van der Waals surface area (Å²) in [5, 5.41) is 20.3. The van der Waals surface area contributed by atoms with Crippen molar-refractivity contribution in [1.29, 1.82) is 0 Å². The van der Waals surface area contributed by atoms with Crippen molar-refractivity contribution >= 4 is 18.0 Å². The van der Waals surface area contributed by atoms with Crippen molar-refractivity contribution in [2.75, 3.05) is 0 Å². The van der Waals surface area contributed by atoms with Gasteiger partial charge < -0.3 is 10.2 Å². The Morgan fingerprint density at radius 1 is 0.786 bits per heavy atom. The lowest BCUT2D eigenvalue weighted by Gasteiger charge is -2.37. The summed E-state index contributed by atoms with van der Waals surface area (Å²) < 4.78 is 0. The Morgan fingerprint density at radius 2 is 1.43 bits per heavy atom. The molecule has 0 bridgehead atoms. The van der Waals surface area contributed by atoms with E-state index in [0.717, 1.165) is 16.7 Å². The number of carboxylic acids is 2. The Balaban J connectivity index is 2.00. The van der Waals surface area contributed by atoms with Crippen molar-refractivity contribution < 1.29 is 19.8 Å². The van der Waals surface area contributed by atoms with Crippen LogP contribution in [0, 0.1) is 0 Å². The Kier molecular flexibility index (Phi) is 4.32. The second kappa shape index (κ2) is 6.82. The number of aliphatic carboxylic acids is 2. The molecule has 1 aliphatic carbocycles. The van der Waals surface area contributed by atoms with Crippen LogP contribution in [0.4, 0.5) is 0 Å². The first-order valence-electron chi connectivity index (χ1n) is 8.95. The lowest BCUT2D eigenvalue weighted by molar-refractivity contribution is -0.150. The van der Waals surface area contributed by atoms with Crippen molar-refractivity contribution in [2.24, 2.45) is 0 Å². The van der Waals surface area contributed by atoms with Crippen molar-refractivity contribution in [3.8, 4) is 11.1 Å². The molecule has 0 saturated heterocycles. The van der Waals surface area contributed by atoms with Gasteiger partial charge in [-0.2, -0.15) is 0 Å². The van der Waals surface area contributed by atoms with Crippen molar-refractivity contribution in [3.05, 3.63) is 102 Å². The molecule has 138 valence electrons. The standard InChI is InChI=1S/C24H18O4/c25-22(26)21-20-13-7-12-18(16-8-3-1-4-9-16)19(20)14-15-24(21,23(27)28)17-10-5-2-6-11-17/h1-15,21H,(H,25,26)(H,27,28). The highest BCUT2D eigenvalue weighted by Crippen LogP contribution is 2.48. The monoisotopic (exact) mass is 370 g/mol. The lowest BCUT2D eigenvalue weighted by atomic mass is 9.63. The lowest BCUT2D eigenvalue weighted by Crippen LogP contribution is -2.45. The van der Waals surface area contributed by atoms with E-state index in [1.807, 2.05) is 36.4 Å². The fraction of sp³-hybridized carbons (Fsp3) is 0.0833. The highest BCUT2D eigenvalue weighted by molar-refractivity contribution is 5.98. The van der Waals surface area contributed by atoms with Gasteiger partial charge in [-0.25, -0.2) is 0 Å². The molecule has 0 aliphatic heterocycles. The Labute approximate surface area is 162 Å². The van der Waals surface area contributed by atoms with Gasteiger partial charge in [0.15, 0.2) is 0 Å². The number of fused-ring (bicyclic) bond motifs is 1. The first-order valence-corrected chi connectivity index (χ1v) is 8.95. The van der Waals surface area contributed by atoms with Gasteiger partial charge in [-0.05, 0) is 27.8 Å². The van der Waals surface area contributed by atoms with E-state index in [1.165, 1.54) is 6.08 Å². The fourth-order valence-electron chi connectivity index (χ4n) is 4.07.